The van der Waals surface area contributed by atoms with E-state index in [-0.39, 0.29) is 0 Å². The van der Waals surface area contributed by atoms with Crippen LogP contribution >= 0.6 is 34.2 Å². The van der Waals surface area contributed by atoms with Crippen LogP contribution in [0.25, 0.3) is 11.5 Å². The first-order chi connectivity index (χ1) is 9.65. The number of hydrogen-bond donors (Lipinski definition) is 1. The van der Waals surface area contributed by atoms with Gasteiger partial charge in [0.15, 0.2) is 5.82 Å². The summed E-state index contributed by atoms with van der Waals surface area (Å²) in [4.78, 5) is 13.3. The lowest BCUT2D eigenvalue weighted by Crippen LogP contribution is -2.09. The minimum atomic E-state index is 0.430. The smallest absolute Gasteiger partial charge is 0.180 e. The third-order valence-electron chi connectivity index (χ3n) is 2.50. The number of rotatable bonds is 5. The summed E-state index contributed by atoms with van der Waals surface area (Å²) in [5.74, 6) is 1.35. The summed E-state index contributed by atoms with van der Waals surface area (Å²) in [6.07, 6.45) is 1.58. The highest BCUT2D eigenvalue weighted by atomic mass is 127. The predicted molar refractivity (Wildman–Crippen MR) is 87.9 cm³/mol. The summed E-state index contributed by atoms with van der Waals surface area (Å²) < 4.78 is 6.15. The molecule has 0 saturated carbocycles. The van der Waals surface area contributed by atoms with E-state index in [0.29, 0.717) is 23.1 Å². The molecule has 0 amide bonds. The number of pyridine rings is 1. The van der Waals surface area contributed by atoms with Gasteiger partial charge in [-0.15, -0.1) is 0 Å². The number of hydrogen-bond acceptors (Lipinski definition) is 5. The lowest BCUT2D eigenvalue weighted by Gasteiger charge is -2.11. The molecule has 5 nitrogen and oxygen atoms in total. The highest BCUT2D eigenvalue weighted by Gasteiger charge is 2.13. The Bertz CT molecular complexity index is 564. The van der Waals surface area contributed by atoms with E-state index in [2.05, 4.69) is 42.9 Å². The monoisotopic (exact) mass is 404 g/mol. The van der Waals surface area contributed by atoms with Crippen molar-refractivity contribution >= 4 is 40.0 Å². The predicted octanol–water partition coefficient (Wildman–Crippen LogP) is 3.37. The fourth-order valence-electron chi connectivity index (χ4n) is 1.63. The summed E-state index contributed by atoms with van der Waals surface area (Å²) >= 11 is 8.07. The summed E-state index contributed by atoms with van der Waals surface area (Å²) in [6, 6.07) is 3.57. The maximum Gasteiger partial charge on any atom is 0.180 e. The van der Waals surface area contributed by atoms with Crippen molar-refractivity contribution in [3.63, 3.8) is 0 Å². The molecule has 0 atom stereocenters. The Kier molecular flexibility index (Phi) is 5.50. The maximum atomic E-state index is 5.85. The molecule has 0 spiro atoms. The number of anilines is 1. The molecule has 0 aromatic carbocycles. The normalized spacial score (nSPS) is 10.6. The number of ether oxygens (including phenoxy) is 1. The van der Waals surface area contributed by atoms with Crippen LogP contribution in [0.4, 0.5) is 5.82 Å². The second-order valence-corrected chi connectivity index (χ2v) is 5.50. The molecule has 0 aliphatic heterocycles. The van der Waals surface area contributed by atoms with Crippen LogP contribution in [0.3, 0.4) is 0 Å². The molecule has 7 heteroatoms. The minimum absolute atomic E-state index is 0.430. The molecule has 2 heterocycles. The summed E-state index contributed by atoms with van der Waals surface area (Å²) in [5, 5.41) is 3.81. The fraction of sp³-hybridized carbons (Fsp3) is 0.308. The largest absolute Gasteiger partial charge is 0.378 e. The van der Waals surface area contributed by atoms with Crippen LogP contribution in [-0.4, -0.2) is 28.6 Å². The van der Waals surface area contributed by atoms with Gasteiger partial charge in [0, 0.05) is 19.9 Å². The Labute approximate surface area is 136 Å². The van der Waals surface area contributed by atoms with Crippen LogP contribution in [0.2, 0.25) is 5.02 Å². The van der Waals surface area contributed by atoms with Crippen molar-refractivity contribution in [3.05, 3.63) is 32.6 Å². The van der Waals surface area contributed by atoms with Gasteiger partial charge < -0.3 is 10.1 Å². The average molecular weight is 405 g/mol. The molecule has 0 saturated heterocycles. The number of methoxy groups -OCH3 is 1. The molecule has 1 N–H and O–H groups in total. The molecule has 2 aromatic heterocycles. The molecule has 20 heavy (non-hydrogen) atoms. The zero-order valence-corrected chi connectivity index (χ0v) is 14.1. The zero-order chi connectivity index (χ0) is 14.5. The molecule has 2 aromatic rings. The van der Waals surface area contributed by atoms with Crippen molar-refractivity contribution in [2.24, 2.45) is 0 Å². The highest BCUT2D eigenvalue weighted by Crippen LogP contribution is 2.24. The van der Waals surface area contributed by atoms with Crippen LogP contribution in [0.15, 0.2) is 18.3 Å². The van der Waals surface area contributed by atoms with E-state index < -0.39 is 0 Å². The average Bonchev–Trinajstić information content (AvgIpc) is 2.44. The molecule has 0 radical (unpaired) electrons. The first kappa shape index (κ1) is 15.4. The highest BCUT2D eigenvalue weighted by molar-refractivity contribution is 14.1. The fourth-order valence-corrected chi connectivity index (χ4v) is 2.33. The van der Waals surface area contributed by atoms with Gasteiger partial charge in [0.2, 0.25) is 0 Å². The van der Waals surface area contributed by atoms with Crippen molar-refractivity contribution < 1.29 is 4.74 Å². The van der Waals surface area contributed by atoms with Gasteiger partial charge in [0.1, 0.15) is 11.5 Å². The number of halogens is 2. The van der Waals surface area contributed by atoms with E-state index in [0.717, 1.165) is 21.6 Å². The second-order valence-electron chi connectivity index (χ2n) is 3.98. The van der Waals surface area contributed by atoms with Crippen molar-refractivity contribution in [2.75, 3.05) is 19.0 Å². The molecule has 0 aliphatic carbocycles. The molecule has 0 unspecified atom stereocenters. The Balaban J connectivity index is 2.49. The van der Waals surface area contributed by atoms with Gasteiger partial charge >= 0.3 is 0 Å². The van der Waals surface area contributed by atoms with Gasteiger partial charge in [-0.2, -0.15) is 0 Å². The van der Waals surface area contributed by atoms with E-state index >= 15 is 0 Å². The molecule has 0 bridgehead atoms. The van der Waals surface area contributed by atoms with Crippen LogP contribution in [0.5, 0.6) is 0 Å². The van der Waals surface area contributed by atoms with Crippen LogP contribution in [-0.2, 0) is 11.3 Å². The van der Waals surface area contributed by atoms with Crippen molar-refractivity contribution in [2.45, 2.75) is 13.5 Å². The SMILES string of the molecule is CCNc1nc(-c2ccc(Cl)cn2)nc(COC)c1I. The van der Waals surface area contributed by atoms with Crippen LogP contribution in [0, 0.1) is 3.57 Å². The zero-order valence-electron chi connectivity index (χ0n) is 11.2. The topological polar surface area (TPSA) is 59.9 Å². The Hall–Kier alpha value is -0.990. The van der Waals surface area contributed by atoms with E-state index in [1.807, 2.05) is 6.92 Å². The quantitative estimate of drug-likeness (QED) is 0.774. The molecular weight excluding hydrogens is 391 g/mol. The molecule has 2 rings (SSSR count). The van der Waals surface area contributed by atoms with Gasteiger partial charge in [-0.1, -0.05) is 11.6 Å². The standard InChI is InChI=1S/C13H14ClIN4O/c1-3-16-13-11(15)10(7-20-2)18-12(19-13)9-5-4-8(14)6-17-9/h4-6H,3,7H2,1-2H3,(H,16,18,19). The summed E-state index contributed by atoms with van der Waals surface area (Å²) in [7, 11) is 1.64. The van der Waals surface area contributed by atoms with E-state index in [4.69, 9.17) is 16.3 Å². The third kappa shape index (κ3) is 3.56. The van der Waals surface area contributed by atoms with Crippen LogP contribution < -0.4 is 5.32 Å². The van der Waals surface area contributed by atoms with Gasteiger partial charge in [-0.25, -0.2) is 9.97 Å². The Morgan fingerprint density at radius 2 is 2.15 bits per heavy atom. The molecule has 106 valence electrons. The van der Waals surface area contributed by atoms with E-state index in [1.165, 1.54) is 0 Å². The van der Waals surface area contributed by atoms with Gasteiger partial charge in [0.05, 0.1) is 20.9 Å². The molecular formula is C13H14ClIN4O. The summed E-state index contributed by atoms with van der Waals surface area (Å²) in [5.41, 5.74) is 1.52. The Morgan fingerprint density at radius 3 is 2.75 bits per heavy atom. The summed E-state index contributed by atoms with van der Waals surface area (Å²) in [6.45, 7) is 3.24. The molecule has 0 fully saturated rings. The first-order valence-corrected chi connectivity index (χ1v) is 7.52. The van der Waals surface area contributed by atoms with E-state index in [9.17, 15) is 0 Å². The van der Waals surface area contributed by atoms with Gasteiger partial charge in [-0.05, 0) is 41.6 Å². The van der Waals surface area contributed by atoms with Gasteiger partial charge in [0.25, 0.3) is 0 Å². The Morgan fingerprint density at radius 1 is 1.35 bits per heavy atom. The lowest BCUT2D eigenvalue weighted by molar-refractivity contribution is 0.181. The number of aromatic nitrogens is 3. The minimum Gasteiger partial charge on any atom is -0.378 e. The first-order valence-electron chi connectivity index (χ1n) is 6.06. The lowest BCUT2D eigenvalue weighted by atomic mass is 10.3. The number of nitrogens with one attached hydrogen (secondary N) is 1. The second kappa shape index (κ2) is 7.14. The number of nitrogens with zero attached hydrogens (tertiary/aromatic N) is 3. The third-order valence-corrected chi connectivity index (χ3v) is 3.86. The van der Waals surface area contributed by atoms with E-state index in [1.54, 1.807) is 25.4 Å². The van der Waals surface area contributed by atoms with Crippen molar-refractivity contribution in [3.8, 4) is 11.5 Å². The maximum absolute atomic E-state index is 5.85. The van der Waals surface area contributed by atoms with Crippen molar-refractivity contribution in [1.29, 1.82) is 0 Å². The van der Waals surface area contributed by atoms with Gasteiger partial charge in [-0.3, -0.25) is 4.98 Å². The molecule has 0 aliphatic rings. The van der Waals surface area contributed by atoms with Crippen molar-refractivity contribution in [1.82, 2.24) is 15.0 Å². The van der Waals surface area contributed by atoms with Crippen LogP contribution in [0.1, 0.15) is 12.6 Å².